The first kappa shape index (κ1) is 45.5. The molecule has 4 aromatic carbocycles. The van der Waals surface area contributed by atoms with Crippen LogP contribution in [0.2, 0.25) is 10.0 Å². The summed E-state index contributed by atoms with van der Waals surface area (Å²) in [6.07, 6.45) is 9.80. The Hall–Kier alpha value is -7.62. The van der Waals surface area contributed by atoms with Crippen molar-refractivity contribution >= 4 is 45.3 Å². The molecule has 0 saturated carbocycles. The van der Waals surface area contributed by atoms with Gasteiger partial charge in [-0.15, -0.1) is 0 Å². The third-order valence-corrected chi connectivity index (χ3v) is 12.8. The van der Waals surface area contributed by atoms with Crippen LogP contribution in [0.3, 0.4) is 0 Å². The maximum absolute atomic E-state index is 14.0. The Morgan fingerprint density at radius 2 is 0.985 bits per heavy atom. The van der Waals surface area contributed by atoms with Gasteiger partial charge in [-0.05, 0) is 94.0 Å². The maximum Gasteiger partial charge on any atom is 0.252 e. The molecule has 6 heterocycles. The summed E-state index contributed by atoms with van der Waals surface area (Å²) < 4.78 is 34.5. The van der Waals surface area contributed by atoms with Gasteiger partial charge in [0, 0.05) is 84.7 Å². The Morgan fingerprint density at radius 1 is 0.544 bits per heavy atom. The molecule has 16 heteroatoms. The van der Waals surface area contributed by atoms with Crippen molar-refractivity contribution in [2.75, 3.05) is 0 Å². The van der Waals surface area contributed by atoms with Gasteiger partial charge in [0.25, 0.3) is 11.1 Å². The van der Waals surface area contributed by atoms with Gasteiger partial charge in [0.1, 0.15) is 28.5 Å². The molecule has 0 spiro atoms. The van der Waals surface area contributed by atoms with Crippen LogP contribution in [0.1, 0.15) is 33.6 Å². The van der Waals surface area contributed by atoms with E-state index in [1.165, 1.54) is 45.5 Å². The van der Waals surface area contributed by atoms with Crippen LogP contribution in [0, 0.1) is 11.6 Å². The third-order valence-electron chi connectivity index (χ3n) is 12.3. The molecular formula is C52H41Cl2F2N9O3. The molecule has 68 heavy (non-hydrogen) atoms. The Bertz CT molecular complexity index is 3430. The predicted molar refractivity (Wildman–Crippen MR) is 260 cm³/mol. The number of aryl methyl sites for hydroxylation is 4. The standard InChI is InChI=1S/C26H21ClFN5O.C26H20ClFN4O2/c1-32-15-30-14-23(32)26(29,17-6-8-19(27)9-7-17)18-11-22-21(16-4-3-5-20(28)10-16)12-24(34)33(2)25(22)31-13-18;1-31-15-29-14-23(31)26(34,17-6-8-19(27)9-7-17)18-11-22-21(16-4-3-5-20(28)10-16)12-24(33)32(2)25(22)30-13-18/h3-15H,29H2,1-2H3;3-15,34H,1-2H3/t2*26-/m11/s1. The van der Waals surface area contributed by atoms with E-state index in [1.54, 1.807) is 130 Å². The summed E-state index contributed by atoms with van der Waals surface area (Å²) in [5.74, 6) is -0.803. The van der Waals surface area contributed by atoms with Gasteiger partial charge in [-0.1, -0.05) is 71.7 Å². The van der Waals surface area contributed by atoms with Crippen molar-refractivity contribution in [3.63, 3.8) is 0 Å². The molecule has 10 aromatic rings. The number of pyridine rings is 4. The second-order valence-electron chi connectivity index (χ2n) is 16.4. The maximum atomic E-state index is 14.0. The van der Waals surface area contributed by atoms with Gasteiger partial charge < -0.3 is 20.0 Å². The summed E-state index contributed by atoms with van der Waals surface area (Å²) in [5, 5.41) is 14.6. The van der Waals surface area contributed by atoms with E-state index in [4.69, 9.17) is 28.9 Å². The van der Waals surface area contributed by atoms with Crippen molar-refractivity contribution in [3.05, 3.63) is 235 Å². The molecule has 0 aliphatic heterocycles. The summed E-state index contributed by atoms with van der Waals surface area (Å²) in [6.45, 7) is 0. The monoisotopic (exact) mass is 947 g/mol. The summed E-state index contributed by atoms with van der Waals surface area (Å²) in [4.78, 5) is 42.9. The Morgan fingerprint density at radius 3 is 1.44 bits per heavy atom. The van der Waals surface area contributed by atoms with Crippen molar-refractivity contribution in [1.82, 2.24) is 38.2 Å². The molecule has 0 unspecified atom stereocenters. The van der Waals surface area contributed by atoms with E-state index in [0.717, 1.165) is 11.3 Å². The molecule has 0 fully saturated rings. The van der Waals surface area contributed by atoms with Gasteiger partial charge in [0.05, 0.1) is 36.4 Å². The van der Waals surface area contributed by atoms with Crippen LogP contribution in [0.5, 0.6) is 0 Å². The number of benzene rings is 4. The summed E-state index contributed by atoms with van der Waals surface area (Å²) in [6, 6.07) is 33.0. The van der Waals surface area contributed by atoms with Crippen LogP contribution in [-0.4, -0.2) is 43.3 Å². The van der Waals surface area contributed by atoms with E-state index >= 15 is 0 Å². The Kier molecular flexibility index (Phi) is 12.0. The van der Waals surface area contributed by atoms with Crippen molar-refractivity contribution in [3.8, 4) is 22.3 Å². The number of imidazole rings is 2. The van der Waals surface area contributed by atoms with Crippen LogP contribution in [0.15, 0.2) is 168 Å². The molecule has 3 N–H and O–H groups in total. The highest BCUT2D eigenvalue weighted by molar-refractivity contribution is 6.30. The number of aromatic nitrogens is 8. The number of rotatable bonds is 8. The highest BCUT2D eigenvalue weighted by Gasteiger charge is 2.38. The fourth-order valence-corrected chi connectivity index (χ4v) is 8.88. The molecule has 12 nitrogen and oxygen atoms in total. The SMILES string of the molecule is Cn1cncc1[C@@](N)(c1ccc(Cl)cc1)c1cnc2c(c1)c(-c1cccc(F)c1)cc(=O)n2C.Cn1cncc1[C@@](O)(c1ccc(Cl)cc1)c1cnc2c(c1)c(-c1cccc(F)c1)cc(=O)n2C. The highest BCUT2D eigenvalue weighted by atomic mass is 35.5. The van der Waals surface area contributed by atoms with Crippen LogP contribution in [0.4, 0.5) is 8.78 Å². The molecule has 0 aliphatic rings. The van der Waals surface area contributed by atoms with Crippen LogP contribution in [-0.2, 0) is 39.3 Å². The largest absolute Gasteiger partial charge is 0.374 e. The zero-order chi connectivity index (χ0) is 48.1. The first-order chi connectivity index (χ1) is 32.6. The number of fused-ring (bicyclic) bond motifs is 2. The number of nitrogens with two attached hydrogens (primary N) is 1. The Balaban J connectivity index is 0.000000170. The zero-order valence-electron chi connectivity index (χ0n) is 36.9. The fourth-order valence-electron chi connectivity index (χ4n) is 8.63. The molecule has 0 bridgehead atoms. The van der Waals surface area contributed by atoms with Gasteiger partial charge in [0.2, 0.25) is 0 Å². The predicted octanol–water partition coefficient (Wildman–Crippen LogP) is 8.79. The average molecular weight is 949 g/mol. The van der Waals surface area contributed by atoms with E-state index in [0.29, 0.717) is 76.8 Å². The molecule has 0 amide bonds. The minimum absolute atomic E-state index is 0.240. The third kappa shape index (κ3) is 8.06. The van der Waals surface area contributed by atoms with Gasteiger partial charge in [0.15, 0.2) is 5.60 Å². The molecular weight excluding hydrogens is 908 g/mol. The normalized spacial score (nSPS) is 13.2. The lowest BCUT2D eigenvalue weighted by Crippen LogP contribution is -2.41. The van der Waals surface area contributed by atoms with Crippen LogP contribution in [0.25, 0.3) is 44.3 Å². The van der Waals surface area contributed by atoms with E-state index < -0.39 is 17.0 Å². The molecule has 0 radical (unpaired) electrons. The van der Waals surface area contributed by atoms with E-state index in [2.05, 4.69) is 19.9 Å². The van der Waals surface area contributed by atoms with E-state index in [1.807, 2.05) is 29.8 Å². The first-order valence-electron chi connectivity index (χ1n) is 21.1. The van der Waals surface area contributed by atoms with Crippen molar-refractivity contribution in [1.29, 1.82) is 0 Å². The van der Waals surface area contributed by atoms with Crippen molar-refractivity contribution < 1.29 is 13.9 Å². The number of hydrogen-bond donors (Lipinski definition) is 2. The molecule has 6 aromatic heterocycles. The number of nitrogens with zero attached hydrogens (tertiary/aromatic N) is 8. The van der Waals surface area contributed by atoms with Crippen molar-refractivity contribution in [2.45, 2.75) is 11.1 Å². The molecule has 2 atom stereocenters. The average Bonchev–Trinajstić information content (AvgIpc) is 3.99. The number of aliphatic hydroxyl groups is 1. The van der Waals surface area contributed by atoms with Gasteiger partial charge in [-0.2, -0.15) is 0 Å². The smallest absolute Gasteiger partial charge is 0.252 e. The lowest BCUT2D eigenvalue weighted by atomic mass is 9.81. The first-order valence-corrected chi connectivity index (χ1v) is 21.8. The molecule has 10 rings (SSSR count). The minimum Gasteiger partial charge on any atom is -0.374 e. The van der Waals surface area contributed by atoms with Gasteiger partial charge in [-0.25, -0.2) is 28.7 Å². The van der Waals surface area contributed by atoms with Crippen LogP contribution < -0.4 is 16.9 Å². The van der Waals surface area contributed by atoms with Crippen molar-refractivity contribution in [2.24, 2.45) is 33.9 Å². The second-order valence-corrected chi connectivity index (χ2v) is 17.3. The van der Waals surface area contributed by atoms with Crippen LogP contribution >= 0.6 is 23.2 Å². The minimum atomic E-state index is -1.62. The summed E-state index contributed by atoms with van der Waals surface area (Å²) in [7, 11) is 6.94. The lowest BCUT2D eigenvalue weighted by molar-refractivity contribution is 0.117. The number of halogens is 4. The molecule has 340 valence electrons. The Labute approximate surface area is 397 Å². The van der Waals surface area contributed by atoms with E-state index in [9.17, 15) is 23.5 Å². The number of hydrogen-bond acceptors (Lipinski definition) is 8. The topological polar surface area (TPSA) is 152 Å². The quantitative estimate of drug-likeness (QED) is 0.154. The summed E-state index contributed by atoms with van der Waals surface area (Å²) in [5.41, 5.74) is 10.8. The van der Waals surface area contributed by atoms with E-state index in [-0.39, 0.29) is 16.9 Å². The second kappa shape index (κ2) is 17.9. The van der Waals surface area contributed by atoms with Gasteiger partial charge >= 0.3 is 0 Å². The highest BCUT2D eigenvalue weighted by Crippen LogP contribution is 2.40. The summed E-state index contributed by atoms with van der Waals surface area (Å²) >= 11 is 12.2. The fraction of sp³-hybridized carbons (Fsp3) is 0.115. The van der Waals surface area contributed by atoms with Gasteiger partial charge in [-0.3, -0.25) is 18.7 Å². The zero-order valence-corrected chi connectivity index (χ0v) is 38.5. The molecule has 0 aliphatic carbocycles. The lowest BCUT2D eigenvalue weighted by Gasteiger charge is -2.31. The molecule has 0 saturated heterocycles.